The number of nitrogens with zero attached hydrogens (tertiary/aromatic N) is 4. The molecule has 4 N–H and O–H groups in total. The minimum absolute atomic E-state index is 0.0446. The third kappa shape index (κ3) is 5.07. The number of imidazole rings is 1. The summed E-state index contributed by atoms with van der Waals surface area (Å²) in [5.41, 5.74) is 1.23. The van der Waals surface area contributed by atoms with Gasteiger partial charge in [0.2, 0.25) is 5.95 Å². The number of nitrogens with one attached hydrogen (secondary N) is 2. The van der Waals surface area contributed by atoms with Crippen LogP contribution in [0.15, 0.2) is 24.5 Å². The van der Waals surface area contributed by atoms with Crippen molar-refractivity contribution >= 4 is 34.5 Å². The number of phenols is 1. The van der Waals surface area contributed by atoms with E-state index in [0.717, 1.165) is 0 Å². The molecule has 0 unspecified atom stereocenters. The molecule has 0 saturated carbocycles. The number of aromatic hydroxyl groups is 1. The number of halogens is 1. The summed E-state index contributed by atoms with van der Waals surface area (Å²) in [7, 11) is 0. The summed E-state index contributed by atoms with van der Waals surface area (Å²) in [5, 5.41) is 26.8. The van der Waals surface area contributed by atoms with Gasteiger partial charge in [0.1, 0.15) is 5.75 Å². The summed E-state index contributed by atoms with van der Waals surface area (Å²) in [6, 6.07) is 5.40. The molecule has 29 heavy (non-hydrogen) atoms. The van der Waals surface area contributed by atoms with Gasteiger partial charge in [-0.15, -0.1) is 0 Å². The van der Waals surface area contributed by atoms with E-state index in [1.807, 2.05) is 4.57 Å². The number of phenolic OH excluding ortho intramolecular Hbond substituents is 1. The highest BCUT2D eigenvalue weighted by Crippen LogP contribution is 2.29. The molecule has 8 nitrogen and oxygen atoms in total. The van der Waals surface area contributed by atoms with E-state index in [1.165, 1.54) is 0 Å². The zero-order valence-electron chi connectivity index (χ0n) is 17.1. The van der Waals surface area contributed by atoms with Crippen LogP contribution < -0.4 is 10.6 Å². The van der Waals surface area contributed by atoms with Crippen LogP contribution in [0.2, 0.25) is 5.02 Å². The molecular formula is C20H27ClN6O2. The standard InChI is InChI=1S/C20H27ClN6O2/c1-12(2)27-11-24-15-17(23-10-13-6-5-7-14(21)16(13)28)25-19(26-18(15)27)22-9-8-20(3,4)29/h5-7,11-12,28-29H,8-10H2,1-4H3,(H2,22,23,25,26). The Morgan fingerprint density at radius 3 is 2.66 bits per heavy atom. The Balaban J connectivity index is 1.90. The van der Waals surface area contributed by atoms with Gasteiger partial charge in [-0.2, -0.15) is 9.97 Å². The van der Waals surface area contributed by atoms with Crippen LogP contribution in [-0.2, 0) is 6.54 Å². The van der Waals surface area contributed by atoms with Gasteiger partial charge in [0.15, 0.2) is 17.0 Å². The predicted octanol–water partition coefficient (Wildman–Crippen LogP) is 3.95. The molecule has 0 bridgehead atoms. The highest BCUT2D eigenvalue weighted by Gasteiger charge is 2.17. The van der Waals surface area contributed by atoms with Crippen LogP contribution >= 0.6 is 11.6 Å². The summed E-state index contributed by atoms with van der Waals surface area (Å²) < 4.78 is 1.97. The SMILES string of the molecule is CC(C)n1cnc2c(NCc3cccc(Cl)c3O)nc(NCCC(C)(C)O)nc21. The zero-order chi connectivity index (χ0) is 21.2. The Morgan fingerprint density at radius 2 is 1.97 bits per heavy atom. The number of hydrogen-bond donors (Lipinski definition) is 4. The van der Waals surface area contributed by atoms with Crippen molar-refractivity contribution in [2.75, 3.05) is 17.2 Å². The second-order valence-electron chi connectivity index (χ2n) is 7.90. The molecule has 0 aliphatic carbocycles. The van der Waals surface area contributed by atoms with Gasteiger partial charge >= 0.3 is 0 Å². The van der Waals surface area contributed by atoms with Crippen LogP contribution in [0.25, 0.3) is 11.2 Å². The molecule has 2 heterocycles. The van der Waals surface area contributed by atoms with Crippen LogP contribution in [0.3, 0.4) is 0 Å². The van der Waals surface area contributed by atoms with Gasteiger partial charge in [-0.25, -0.2) is 4.98 Å². The molecule has 0 saturated heterocycles. The highest BCUT2D eigenvalue weighted by atomic mass is 35.5. The highest BCUT2D eigenvalue weighted by molar-refractivity contribution is 6.32. The summed E-state index contributed by atoms with van der Waals surface area (Å²) >= 11 is 6.00. The lowest BCUT2D eigenvalue weighted by Gasteiger charge is -2.17. The van der Waals surface area contributed by atoms with E-state index in [2.05, 4.69) is 39.4 Å². The van der Waals surface area contributed by atoms with E-state index in [9.17, 15) is 10.2 Å². The third-order valence-corrected chi connectivity index (χ3v) is 4.82. The van der Waals surface area contributed by atoms with Crippen molar-refractivity contribution in [3.05, 3.63) is 35.1 Å². The Kier molecular flexibility index (Phi) is 6.14. The Bertz CT molecular complexity index is 997. The van der Waals surface area contributed by atoms with Crippen LogP contribution in [0.1, 0.15) is 45.7 Å². The first-order valence-electron chi connectivity index (χ1n) is 9.57. The molecule has 0 aliphatic heterocycles. The first kappa shape index (κ1) is 21.1. The maximum Gasteiger partial charge on any atom is 0.226 e. The van der Waals surface area contributed by atoms with Crippen molar-refractivity contribution in [3.63, 3.8) is 0 Å². The minimum atomic E-state index is -0.776. The number of hydrogen-bond acceptors (Lipinski definition) is 7. The molecule has 1 aromatic carbocycles. The first-order valence-corrected chi connectivity index (χ1v) is 9.94. The maximum absolute atomic E-state index is 10.2. The maximum atomic E-state index is 10.2. The number of aliphatic hydroxyl groups is 1. The lowest BCUT2D eigenvalue weighted by molar-refractivity contribution is 0.0748. The predicted molar refractivity (Wildman–Crippen MR) is 116 cm³/mol. The van der Waals surface area contributed by atoms with Crippen molar-refractivity contribution in [3.8, 4) is 5.75 Å². The smallest absolute Gasteiger partial charge is 0.226 e. The Morgan fingerprint density at radius 1 is 1.21 bits per heavy atom. The van der Waals surface area contributed by atoms with E-state index in [-0.39, 0.29) is 11.8 Å². The van der Waals surface area contributed by atoms with Crippen LogP contribution in [0.4, 0.5) is 11.8 Å². The number of rotatable bonds is 8. The molecule has 0 spiro atoms. The van der Waals surface area contributed by atoms with Gasteiger partial charge in [0.25, 0.3) is 0 Å². The first-order chi connectivity index (χ1) is 13.7. The molecule has 9 heteroatoms. The monoisotopic (exact) mass is 418 g/mol. The Hall–Kier alpha value is -2.58. The van der Waals surface area contributed by atoms with Crippen LogP contribution in [-0.4, -0.2) is 41.9 Å². The van der Waals surface area contributed by atoms with Gasteiger partial charge in [-0.1, -0.05) is 23.7 Å². The van der Waals surface area contributed by atoms with Crippen LogP contribution in [0, 0.1) is 0 Å². The number of aromatic nitrogens is 4. The van der Waals surface area contributed by atoms with Crippen molar-refractivity contribution in [2.24, 2.45) is 0 Å². The molecule has 0 fully saturated rings. The van der Waals surface area contributed by atoms with E-state index in [1.54, 1.807) is 38.4 Å². The zero-order valence-corrected chi connectivity index (χ0v) is 17.8. The summed E-state index contributed by atoms with van der Waals surface area (Å²) in [6.45, 7) is 8.49. The average Bonchev–Trinajstić information content (AvgIpc) is 3.06. The number of benzene rings is 1. The van der Waals surface area contributed by atoms with E-state index < -0.39 is 5.60 Å². The van der Waals surface area contributed by atoms with Crippen molar-refractivity contribution in [2.45, 2.75) is 52.3 Å². The second kappa shape index (κ2) is 8.42. The van der Waals surface area contributed by atoms with E-state index >= 15 is 0 Å². The van der Waals surface area contributed by atoms with Crippen LogP contribution in [0.5, 0.6) is 5.75 Å². The van der Waals surface area contributed by atoms with Crippen molar-refractivity contribution < 1.29 is 10.2 Å². The topological polar surface area (TPSA) is 108 Å². The molecule has 0 radical (unpaired) electrons. The third-order valence-electron chi connectivity index (χ3n) is 4.51. The number of para-hydroxylation sites is 1. The fourth-order valence-corrected chi connectivity index (χ4v) is 3.05. The Labute approximate surface area is 175 Å². The molecule has 3 rings (SSSR count). The summed E-state index contributed by atoms with van der Waals surface area (Å²) in [6.07, 6.45) is 2.30. The normalized spacial score (nSPS) is 12.0. The molecule has 0 atom stereocenters. The lowest BCUT2D eigenvalue weighted by Crippen LogP contribution is -2.23. The molecule has 0 aliphatic rings. The summed E-state index contributed by atoms with van der Waals surface area (Å²) in [4.78, 5) is 13.6. The fraction of sp³-hybridized carbons (Fsp3) is 0.450. The minimum Gasteiger partial charge on any atom is -0.506 e. The number of anilines is 2. The largest absolute Gasteiger partial charge is 0.506 e. The molecule has 3 aromatic rings. The van der Waals surface area contributed by atoms with Crippen molar-refractivity contribution in [1.29, 1.82) is 0 Å². The molecular weight excluding hydrogens is 392 g/mol. The number of fused-ring (bicyclic) bond motifs is 1. The average molecular weight is 419 g/mol. The van der Waals surface area contributed by atoms with Crippen molar-refractivity contribution in [1.82, 2.24) is 19.5 Å². The van der Waals surface area contributed by atoms with E-state index in [4.69, 9.17) is 11.6 Å². The van der Waals surface area contributed by atoms with Gasteiger partial charge in [-0.3, -0.25) is 0 Å². The molecule has 2 aromatic heterocycles. The van der Waals surface area contributed by atoms with Gasteiger partial charge < -0.3 is 25.4 Å². The van der Waals surface area contributed by atoms with Gasteiger partial charge in [-0.05, 0) is 40.2 Å². The lowest BCUT2D eigenvalue weighted by atomic mass is 10.1. The van der Waals surface area contributed by atoms with Gasteiger partial charge in [0.05, 0.1) is 17.0 Å². The molecule has 0 amide bonds. The van der Waals surface area contributed by atoms with E-state index in [0.29, 0.717) is 53.0 Å². The van der Waals surface area contributed by atoms with Gasteiger partial charge in [0, 0.05) is 24.7 Å². The second-order valence-corrected chi connectivity index (χ2v) is 8.31. The molecule has 156 valence electrons. The summed E-state index contributed by atoms with van der Waals surface area (Å²) in [5.74, 6) is 1.05. The fourth-order valence-electron chi connectivity index (χ4n) is 2.86. The quantitative estimate of drug-likeness (QED) is 0.438.